The Hall–Kier alpha value is -1.29. The van der Waals surface area contributed by atoms with Gasteiger partial charge in [-0.1, -0.05) is 6.07 Å². The fraction of sp³-hybridized carbons (Fsp3) is 0.667. The summed E-state index contributed by atoms with van der Waals surface area (Å²) in [6.07, 6.45) is 2.57. The molecule has 106 valence electrons. The molecule has 0 spiro atoms. The summed E-state index contributed by atoms with van der Waals surface area (Å²) < 4.78 is 5.41. The van der Waals surface area contributed by atoms with Crippen LogP contribution in [0.25, 0.3) is 0 Å². The van der Waals surface area contributed by atoms with Crippen molar-refractivity contribution in [3.05, 3.63) is 18.2 Å². The summed E-state index contributed by atoms with van der Waals surface area (Å²) >= 11 is 0. The highest BCUT2D eigenvalue weighted by atomic mass is 16.5. The van der Waals surface area contributed by atoms with E-state index in [1.807, 2.05) is 6.07 Å². The highest BCUT2D eigenvalue weighted by Gasteiger charge is 2.20. The molecule has 1 aliphatic rings. The number of piperidine rings is 1. The predicted molar refractivity (Wildman–Crippen MR) is 79.9 cm³/mol. The minimum atomic E-state index is 0.0364. The lowest BCUT2D eigenvalue weighted by molar-refractivity contribution is 0.0818. The van der Waals surface area contributed by atoms with Gasteiger partial charge in [-0.25, -0.2) is 4.98 Å². The molecule has 1 fully saturated rings. The van der Waals surface area contributed by atoms with Crippen molar-refractivity contribution >= 4 is 11.6 Å². The standard InChI is InChI=1S/C15H25N3O/c1-15(2,3)17-13-6-5-7-14(16-13)18-10-8-12(19-4)9-11-18/h5-7,12H,8-11H2,1-4H3,(H,16,17). The number of aromatic nitrogens is 1. The van der Waals surface area contributed by atoms with Gasteiger partial charge in [0, 0.05) is 25.7 Å². The molecule has 0 amide bonds. The number of nitrogens with zero attached hydrogens (tertiary/aromatic N) is 2. The maximum atomic E-state index is 5.41. The van der Waals surface area contributed by atoms with Gasteiger partial charge in [-0.2, -0.15) is 0 Å². The average molecular weight is 263 g/mol. The lowest BCUT2D eigenvalue weighted by Gasteiger charge is -2.32. The molecule has 0 aliphatic carbocycles. The van der Waals surface area contributed by atoms with Crippen molar-refractivity contribution in [2.24, 2.45) is 0 Å². The third kappa shape index (κ3) is 4.10. The van der Waals surface area contributed by atoms with Gasteiger partial charge in [-0.15, -0.1) is 0 Å². The number of rotatable bonds is 3. The van der Waals surface area contributed by atoms with Crippen LogP contribution in [-0.2, 0) is 4.74 Å². The smallest absolute Gasteiger partial charge is 0.130 e. The molecule has 4 nitrogen and oxygen atoms in total. The molecule has 0 radical (unpaired) electrons. The highest BCUT2D eigenvalue weighted by Crippen LogP contribution is 2.21. The Morgan fingerprint density at radius 3 is 2.53 bits per heavy atom. The molecule has 19 heavy (non-hydrogen) atoms. The SMILES string of the molecule is COC1CCN(c2cccc(NC(C)(C)C)n2)CC1. The Bertz CT molecular complexity index is 406. The van der Waals surface area contributed by atoms with Crippen LogP contribution in [0.1, 0.15) is 33.6 Å². The monoisotopic (exact) mass is 263 g/mol. The summed E-state index contributed by atoms with van der Waals surface area (Å²) in [5.41, 5.74) is 0.0364. The Labute approximate surface area is 116 Å². The van der Waals surface area contributed by atoms with Crippen LogP contribution in [0.3, 0.4) is 0 Å². The molecule has 1 aliphatic heterocycles. The fourth-order valence-corrected chi connectivity index (χ4v) is 2.37. The Morgan fingerprint density at radius 2 is 1.95 bits per heavy atom. The second-order valence-corrected chi connectivity index (χ2v) is 6.18. The van der Waals surface area contributed by atoms with E-state index in [9.17, 15) is 0 Å². The van der Waals surface area contributed by atoms with Crippen molar-refractivity contribution in [3.63, 3.8) is 0 Å². The summed E-state index contributed by atoms with van der Waals surface area (Å²) in [7, 11) is 1.80. The first kappa shape index (κ1) is 14.1. The zero-order chi connectivity index (χ0) is 13.9. The van der Waals surface area contributed by atoms with Crippen LogP contribution in [0.5, 0.6) is 0 Å². The lowest BCUT2D eigenvalue weighted by atomic mass is 10.1. The van der Waals surface area contributed by atoms with Gasteiger partial charge >= 0.3 is 0 Å². The van der Waals surface area contributed by atoms with Gasteiger partial charge in [-0.3, -0.25) is 0 Å². The molecule has 1 aromatic rings. The fourth-order valence-electron chi connectivity index (χ4n) is 2.37. The van der Waals surface area contributed by atoms with E-state index in [0.717, 1.165) is 37.6 Å². The first-order valence-corrected chi connectivity index (χ1v) is 7.01. The van der Waals surface area contributed by atoms with Gasteiger partial charge in [0.1, 0.15) is 11.6 Å². The van der Waals surface area contributed by atoms with E-state index in [1.54, 1.807) is 7.11 Å². The lowest BCUT2D eigenvalue weighted by Crippen LogP contribution is -2.37. The predicted octanol–water partition coefficient (Wildman–Crippen LogP) is 2.91. The molecule has 0 saturated carbocycles. The summed E-state index contributed by atoms with van der Waals surface area (Å²) in [5, 5.41) is 3.42. The normalized spacial score (nSPS) is 17.6. The molecule has 2 rings (SSSR count). The van der Waals surface area contributed by atoms with Crippen molar-refractivity contribution in [3.8, 4) is 0 Å². The number of nitrogens with one attached hydrogen (secondary N) is 1. The Kier molecular flexibility index (Phi) is 4.30. The molecule has 0 bridgehead atoms. The number of hydrogen-bond acceptors (Lipinski definition) is 4. The van der Waals surface area contributed by atoms with Crippen LogP contribution < -0.4 is 10.2 Å². The van der Waals surface area contributed by atoms with Crippen LogP contribution in [0.4, 0.5) is 11.6 Å². The van der Waals surface area contributed by atoms with Crippen molar-refractivity contribution in [1.82, 2.24) is 4.98 Å². The van der Waals surface area contributed by atoms with Crippen LogP contribution in [0.2, 0.25) is 0 Å². The van der Waals surface area contributed by atoms with Crippen molar-refractivity contribution in [2.75, 3.05) is 30.4 Å². The molecule has 1 saturated heterocycles. The third-order valence-electron chi connectivity index (χ3n) is 3.34. The van der Waals surface area contributed by atoms with E-state index in [1.165, 1.54) is 0 Å². The molecule has 0 unspecified atom stereocenters. The first-order chi connectivity index (χ1) is 8.98. The summed E-state index contributed by atoms with van der Waals surface area (Å²) in [4.78, 5) is 7.04. The summed E-state index contributed by atoms with van der Waals surface area (Å²) in [6, 6.07) is 6.18. The van der Waals surface area contributed by atoms with Crippen LogP contribution in [0, 0.1) is 0 Å². The third-order valence-corrected chi connectivity index (χ3v) is 3.34. The topological polar surface area (TPSA) is 37.4 Å². The van der Waals surface area contributed by atoms with Gasteiger partial charge < -0.3 is 15.0 Å². The largest absolute Gasteiger partial charge is 0.381 e. The maximum absolute atomic E-state index is 5.41. The van der Waals surface area contributed by atoms with Gasteiger partial charge in [-0.05, 0) is 45.7 Å². The first-order valence-electron chi connectivity index (χ1n) is 7.01. The summed E-state index contributed by atoms with van der Waals surface area (Å²) in [6.45, 7) is 8.47. The van der Waals surface area contributed by atoms with E-state index in [-0.39, 0.29) is 5.54 Å². The van der Waals surface area contributed by atoms with E-state index >= 15 is 0 Å². The molecular formula is C15H25N3O. The van der Waals surface area contributed by atoms with E-state index in [0.29, 0.717) is 6.10 Å². The van der Waals surface area contributed by atoms with Crippen LogP contribution in [-0.4, -0.2) is 36.8 Å². The van der Waals surface area contributed by atoms with E-state index < -0.39 is 0 Å². The molecule has 1 N–H and O–H groups in total. The Morgan fingerprint density at radius 1 is 1.26 bits per heavy atom. The molecule has 0 atom stereocenters. The van der Waals surface area contributed by atoms with E-state index in [4.69, 9.17) is 9.72 Å². The number of anilines is 2. The zero-order valence-corrected chi connectivity index (χ0v) is 12.4. The van der Waals surface area contributed by atoms with Crippen molar-refractivity contribution in [2.45, 2.75) is 45.3 Å². The van der Waals surface area contributed by atoms with Gasteiger partial charge in [0.2, 0.25) is 0 Å². The minimum absolute atomic E-state index is 0.0364. The molecule has 2 heterocycles. The van der Waals surface area contributed by atoms with E-state index in [2.05, 4.69) is 43.1 Å². The molecular weight excluding hydrogens is 238 g/mol. The number of hydrogen-bond donors (Lipinski definition) is 1. The molecule has 1 aromatic heterocycles. The second kappa shape index (κ2) is 5.78. The number of ether oxygens (including phenoxy) is 1. The minimum Gasteiger partial charge on any atom is -0.381 e. The molecule has 4 heteroatoms. The van der Waals surface area contributed by atoms with Gasteiger partial charge in [0.25, 0.3) is 0 Å². The second-order valence-electron chi connectivity index (χ2n) is 6.18. The average Bonchev–Trinajstić information content (AvgIpc) is 2.37. The number of methoxy groups -OCH3 is 1. The number of pyridine rings is 1. The maximum Gasteiger partial charge on any atom is 0.130 e. The quantitative estimate of drug-likeness (QED) is 0.910. The van der Waals surface area contributed by atoms with Gasteiger partial charge in [0.15, 0.2) is 0 Å². The van der Waals surface area contributed by atoms with Crippen molar-refractivity contribution < 1.29 is 4.74 Å². The zero-order valence-electron chi connectivity index (χ0n) is 12.4. The highest BCUT2D eigenvalue weighted by molar-refractivity contribution is 5.48. The summed E-state index contributed by atoms with van der Waals surface area (Å²) in [5.74, 6) is 2.00. The van der Waals surface area contributed by atoms with Gasteiger partial charge in [0.05, 0.1) is 6.10 Å². The molecule has 0 aromatic carbocycles. The Balaban J connectivity index is 2.03. The van der Waals surface area contributed by atoms with Crippen LogP contribution >= 0.6 is 0 Å². The van der Waals surface area contributed by atoms with Crippen LogP contribution in [0.15, 0.2) is 18.2 Å². The van der Waals surface area contributed by atoms with Crippen molar-refractivity contribution in [1.29, 1.82) is 0 Å².